The molecule has 2 aromatic heterocycles. The smallest absolute Gasteiger partial charge is 0.313 e. The number of hydrogen-bond donors (Lipinski definition) is 1. The van der Waals surface area contributed by atoms with Crippen molar-refractivity contribution in [2.24, 2.45) is 11.7 Å². The molecule has 0 spiro atoms. The number of ether oxygens (including phenoxy) is 1. The monoisotopic (exact) mass is 416 g/mol. The Kier molecular flexibility index (Phi) is 6.40. The van der Waals surface area contributed by atoms with Crippen molar-refractivity contribution in [3.05, 3.63) is 29.7 Å². The van der Waals surface area contributed by atoms with Gasteiger partial charge in [-0.25, -0.2) is 27.1 Å². The molecule has 2 N–H and O–H groups in total. The Morgan fingerprint density at radius 1 is 1.38 bits per heavy atom. The fourth-order valence-electron chi connectivity index (χ4n) is 3.71. The van der Waals surface area contributed by atoms with Gasteiger partial charge in [-0.1, -0.05) is 0 Å². The van der Waals surface area contributed by atoms with Crippen molar-refractivity contribution in [2.75, 3.05) is 6.61 Å². The van der Waals surface area contributed by atoms with Gasteiger partial charge in [-0.15, -0.1) is 0 Å². The number of alkyl halides is 4. The predicted molar refractivity (Wildman–Crippen MR) is 96.8 cm³/mol. The molecule has 1 aliphatic rings. The van der Waals surface area contributed by atoms with Crippen LogP contribution in [-0.2, 0) is 9.53 Å². The summed E-state index contributed by atoms with van der Waals surface area (Å²) in [5, 5.41) is 4.15. The number of fused-ring (bicyclic) bond motifs is 1. The van der Waals surface area contributed by atoms with Crippen LogP contribution in [0.15, 0.2) is 18.5 Å². The highest BCUT2D eigenvalue weighted by atomic mass is 19.3. The highest BCUT2D eigenvalue weighted by Gasteiger charge is 2.37. The Bertz CT molecular complexity index is 848. The van der Waals surface area contributed by atoms with Crippen LogP contribution < -0.4 is 5.73 Å². The van der Waals surface area contributed by atoms with Crippen molar-refractivity contribution in [3.8, 4) is 0 Å². The molecule has 6 nitrogen and oxygen atoms in total. The summed E-state index contributed by atoms with van der Waals surface area (Å²) < 4.78 is 59.0. The lowest BCUT2D eigenvalue weighted by atomic mass is 9.81. The average molecular weight is 416 g/mol. The van der Waals surface area contributed by atoms with Crippen LogP contribution in [0, 0.1) is 5.92 Å². The molecule has 1 fully saturated rings. The minimum Gasteiger partial charge on any atom is -0.466 e. The topological polar surface area (TPSA) is 82.5 Å². The van der Waals surface area contributed by atoms with Crippen LogP contribution in [0.25, 0.3) is 5.65 Å². The van der Waals surface area contributed by atoms with E-state index in [0.717, 1.165) is 0 Å². The Hall–Kier alpha value is -2.23. The average Bonchev–Trinajstić information content (AvgIpc) is 3.09. The number of nitrogens with two attached hydrogens (primary N) is 1. The number of carbonyl (C=O) groups is 1. The molecule has 0 aliphatic heterocycles. The van der Waals surface area contributed by atoms with Crippen molar-refractivity contribution in [1.82, 2.24) is 14.6 Å². The van der Waals surface area contributed by atoms with Gasteiger partial charge < -0.3 is 10.5 Å². The minimum absolute atomic E-state index is 0.0804. The fourth-order valence-corrected chi connectivity index (χ4v) is 3.71. The SMILES string of the molecule is CCOC(=O)C(CC(F)F)c1cnn2cc([C@@H](N)C3CCC(F)(F)CC3)nc2c1. The van der Waals surface area contributed by atoms with E-state index in [-0.39, 0.29) is 30.9 Å². The van der Waals surface area contributed by atoms with Crippen LogP contribution in [0.5, 0.6) is 0 Å². The van der Waals surface area contributed by atoms with Crippen LogP contribution in [0.2, 0.25) is 0 Å². The first-order valence-corrected chi connectivity index (χ1v) is 9.63. The maximum absolute atomic E-state index is 13.4. The molecule has 0 radical (unpaired) electrons. The molecule has 2 aromatic rings. The standard InChI is InChI=1S/C19H24F4N4O2/c1-2-29-18(28)13(8-15(20)21)12-7-16-26-14(10-27(16)25-9-12)17(24)11-3-5-19(22,23)6-4-11/h7,9-11,13,15,17H,2-6,8,24H2,1H3/t13?,17-/m0/s1. The molecule has 160 valence electrons. The van der Waals surface area contributed by atoms with E-state index in [0.29, 0.717) is 24.2 Å². The molecule has 29 heavy (non-hydrogen) atoms. The van der Waals surface area contributed by atoms with Gasteiger partial charge in [0.15, 0.2) is 5.65 Å². The van der Waals surface area contributed by atoms with E-state index in [9.17, 15) is 22.4 Å². The third kappa shape index (κ3) is 5.04. The van der Waals surface area contributed by atoms with Gasteiger partial charge in [0.25, 0.3) is 0 Å². The Balaban J connectivity index is 1.82. The minimum atomic E-state index is -2.69. The molecule has 3 rings (SSSR count). The second kappa shape index (κ2) is 8.64. The summed E-state index contributed by atoms with van der Waals surface area (Å²) >= 11 is 0. The van der Waals surface area contributed by atoms with E-state index >= 15 is 0 Å². The lowest BCUT2D eigenvalue weighted by Gasteiger charge is -2.31. The van der Waals surface area contributed by atoms with E-state index < -0.39 is 36.7 Å². The van der Waals surface area contributed by atoms with Gasteiger partial charge in [-0.2, -0.15) is 5.10 Å². The number of carbonyl (C=O) groups excluding carboxylic acids is 1. The van der Waals surface area contributed by atoms with E-state index in [1.54, 1.807) is 13.1 Å². The number of esters is 1. The highest BCUT2D eigenvalue weighted by Crippen LogP contribution is 2.40. The Morgan fingerprint density at radius 3 is 2.69 bits per heavy atom. The van der Waals surface area contributed by atoms with Crippen molar-refractivity contribution < 1.29 is 27.1 Å². The van der Waals surface area contributed by atoms with Gasteiger partial charge in [0, 0.05) is 19.3 Å². The highest BCUT2D eigenvalue weighted by molar-refractivity contribution is 5.78. The molecular formula is C19H24F4N4O2. The summed E-state index contributed by atoms with van der Waals surface area (Å²) in [7, 11) is 0. The predicted octanol–water partition coefficient (Wildman–Crippen LogP) is 3.86. The summed E-state index contributed by atoms with van der Waals surface area (Å²) in [4.78, 5) is 16.5. The van der Waals surface area contributed by atoms with Crippen LogP contribution in [0.1, 0.15) is 62.2 Å². The van der Waals surface area contributed by atoms with Crippen molar-refractivity contribution in [1.29, 1.82) is 0 Å². The van der Waals surface area contributed by atoms with E-state index in [1.165, 1.54) is 16.8 Å². The quantitative estimate of drug-likeness (QED) is 0.548. The number of nitrogens with zero attached hydrogens (tertiary/aromatic N) is 3. The van der Waals surface area contributed by atoms with Crippen LogP contribution in [0.4, 0.5) is 17.6 Å². The van der Waals surface area contributed by atoms with Gasteiger partial charge in [-0.05, 0) is 37.3 Å². The first-order chi connectivity index (χ1) is 13.7. The maximum Gasteiger partial charge on any atom is 0.313 e. The normalized spacial score (nSPS) is 19.4. The molecule has 1 aliphatic carbocycles. The molecule has 0 bridgehead atoms. The molecule has 0 saturated heterocycles. The molecule has 2 heterocycles. The first kappa shape index (κ1) is 21.5. The lowest BCUT2D eigenvalue weighted by Crippen LogP contribution is -2.31. The number of hydrogen-bond acceptors (Lipinski definition) is 5. The number of rotatable bonds is 7. The van der Waals surface area contributed by atoms with E-state index in [1.807, 2.05) is 0 Å². The third-order valence-corrected chi connectivity index (χ3v) is 5.36. The van der Waals surface area contributed by atoms with Crippen LogP contribution in [0.3, 0.4) is 0 Å². The largest absolute Gasteiger partial charge is 0.466 e. The molecule has 0 amide bonds. The number of imidazole rings is 1. The first-order valence-electron chi connectivity index (χ1n) is 9.63. The van der Waals surface area contributed by atoms with Gasteiger partial charge in [-0.3, -0.25) is 4.79 Å². The summed E-state index contributed by atoms with van der Waals surface area (Å²) in [5.74, 6) is -4.66. The van der Waals surface area contributed by atoms with Crippen LogP contribution >= 0.6 is 0 Å². The molecule has 2 atom stereocenters. The van der Waals surface area contributed by atoms with Gasteiger partial charge >= 0.3 is 5.97 Å². The second-order valence-corrected chi connectivity index (χ2v) is 7.41. The third-order valence-electron chi connectivity index (χ3n) is 5.36. The lowest BCUT2D eigenvalue weighted by molar-refractivity contribution is -0.146. The van der Waals surface area contributed by atoms with Crippen molar-refractivity contribution >= 4 is 11.6 Å². The van der Waals surface area contributed by atoms with Gasteiger partial charge in [0.2, 0.25) is 12.3 Å². The fraction of sp³-hybridized carbons (Fsp3) is 0.632. The zero-order valence-electron chi connectivity index (χ0n) is 16.0. The van der Waals surface area contributed by atoms with Crippen molar-refractivity contribution in [2.45, 2.75) is 63.3 Å². The van der Waals surface area contributed by atoms with Crippen molar-refractivity contribution in [3.63, 3.8) is 0 Å². The zero-order valence-corrected chi connectivity index (χ0v) is 16.0. The summed E-state index contributed by atoms with van der Waals surface area (Å²) in [5.41, 5.74) is 7.37. The number of halogens is 4. The maximum atomic E-state index is 13.4. The summed E-state index contributed by atoms with van der Waals surface area (Å²) in [6.07, 6.45) is -0.224. The zero-order chi connectivity index (χ0) is 21.2. The van der Waals surface area contributed by atoms with Gasteiger partial charge in [0.05, 0.1) is 36.7 Å². The molecular weight excluding hydrogens is 392 g/mol. The Morgan fingerprint density at radius 2 is 2.07 bits per heavy atom. The summed E-state index contributed by atoms with van der Waals surface area (Å²) in [6, 6.07) is 0.973. The number of aromatic nitrogens is 3. The molecule has 10 heteroatoms. The molecule has 0 aromatic carbocycles. The van der Waals surface area contributed by atoms with Gasteiger partial charge in [0.1, 0.15) is 0 Å². The summed E-state index contributed by atoms with van der Waals surface area (Å²) in [6.45, 7) is 1.68. The van der Waals surface area contributed by atoms with Crippen LogP contribution in [-0.4, -0.2) is 39.5 Å². The second-order valence-electron chi connectivity index (χ2n) is 7.41. The molecule has 1 saturated carbocycles. The Labute approximate surface area is 165 Å². The van der Waals surface area contributed by atoms with E-state index in [4.69, 9.17) is 10.5 Å². The van der Waals surface area contributed by atoms with E-state index in [2.05, 4.69) is 10.1 Å². The molecule has 1 unspecified atom stereocenters.